The average molecular weight is 628 g/mol. The first-order valence-electron chi connectivity index (χ1n) is 14.8. The lowest BCUT2D eigenvalue weighted by Crippen LogP contribution is -2.25. The zero-order valence-corrected chi connectivity index (χ0v) is 25.6. The van der Waals surface area contributed by atoms with E-state index in [4.69, 9.17) is 23.9 Å². The molecule has 0 radical (unpaired) electrons. The quantitative estimate of drug-likeness (QED) is 0.157. The number of alkyl halides is 3. The lowest BCUT2D eigenvalue weighted by molar-refractivity contribution is -0.138. The van der Waals surface area contributed by atoms with Gasteiger partial charge in [-0.3, -0.25) is 4.79 Å². The molecule has 0 spiro atoms. The third-order valence-corrected chi connectivity index (χ3v) is 8.17. The molecule has 1 aliphatic rings. The molecule has 1 atom stereocenters. The Balaban J connectivity index is 1.47. The van der Waals surface area contributed by atoms with Gasteiger partial charge in [-0.2, -0.15) is 13.2 Å². The summed E-state index contributed by atoms with van der Waals surface area (Å²) in [6.07, 6.45) is -4.69. The van der Waals surface area contributed by atoms with Crippen LogP contribution in [0.15, 0.2) is 89.3 Å². The summed E-state index contributed by atoms with van der Waals surface area (Å²) >= 11 is 0. The lowest BCUT2D eigenvalue weighted by atomic mass is 9.93. The van der Waals surface area contributed by atoms with Crippen molar-refractivity contribution >= 4 is 11.7 Å². The molecule has 46 heavy (non-hydrogen) atoms. The molecule has 1 unspecified atom stereocenters. The number of aryl methyl sites for hydroxylation is 1. The van der Waals surface area contributed by atoms with Crippen LogP contribution in [0.5, 0.6) is 11.5 Å². The van der Waals surface area contributed by atoms with Gasteiger partial charge in [0.15, 0.2) is 5.76 Å². The molecule has 236 valence electrons. The van der Waals surface area contributed by atoms with Crippen LogP contribution >= 0.6 is 0 Å². The SMILES string of the molecule is COc1ccc(CN(Cc2ccc(OC)cc2)c2nc(-c3ccc(C)o3)c3c(n2)C(Cc2ccccc2C(F)(F)F)C(=O)C3)cc1. The van der Waals surface area contributed by atoms with Gasteiger partial charge in [-0.15, -0.1) is 0 Å². The van der Waals surface area contributed by atoms with E-state index < -0.39 is 17.7 Å². The number of methoxy groups -OCH3 is 2. The van der Waals surface area contributed by atoms with E-state index in [1.165, 1.54) is 12.1 Å². The normalized spacial score (nSPS) is 14.3. The molecule has 0 aliphatic heterocycles. The Bertz CT molecular complexity index is 1800. The monoisotopic (exact) mass is 627 g/mol. The third-order valence-electron chi connectivity index (χ3n) is 8.17. The highest BCUT2D eigenvalue weighted by molar-refractivity contribution is 5.94. The topological polar surface area (TPSA) is 77.7 Å². The molecule has 5 aromatic rings. The Hall–Kier alpha value is -5.12. The first-order chi connectivity index (χ1) is 22.1. The minimum atomic E-state index is -4.55. The van der Waals surface area contributed by atoms with Crippen molar-refractivity contribution in [3.63, 3.8) is 0 Å². The van der Waals surface area contributed by atoms with Gasteiger partial charge in [0.05, 0.1) is 31.4 Å². The maximum Gasteiger partial charge on any atom is 0.416 e. The van der Waals surface area contributed by atoms with Crippen molar-refractivity contribution in [1.82, 2.24) is 9.97 Å². The molecule has 6 rings (SSSR count). The van der Waals surface area contributed by atoms with Crippen molar-refractivity contribution < 1.29 is 31.9 Å². The highest BCUT2D eigenvalue weighted by atomic mass is 19.4. The van der Waals surface area contributed by atoms with Gasteiger partial charge in [0.1, 0.15) is 28.7 Å². The first-order valence-corrected chi connectivity index (χ1v) is 14.8. The van der Waals surface area contributed by atoms with Gasteiger partial charge >= 0.3 is 6.18 Å². The zero-order valence-electron chi connectivity index (χ0n) is 25.6. The third kappa shape index (κ3) is 6.47. The second kappa shape index (κ2) is 12.7. The smallest absolute Gasteiger partial charge is 0.416 e. The Labute approximate surface area is 264 Å². The Morgan fingerprint density at radius 2 is 1.46 bits per heavy atom. The summed E-state index contributed by atoms with van der Waals surface area (Å²) in [6.45, 7) is 2.62. The number of fused-ring (bicyclic) bond motifs is 1. The molecule has 2 aromatic heterocycles. The number of aromatic nitrogens is 2. The number of hydrogen-bond acceptors (Lipinski definition) is 7. The molecular formula is C36H32F3N3O4. The standard InChI is InChI=1S/C36H32F3N3O4/c1-22-8-17-32(46-22)34-29-19-31(43)28(18-25-6-4-5-7-30(25)36(37,38)39)33(29)40-35(41-34)42(20-23-9-13-26(44-2)14-10-23)21-24-11-15-27(45-3)16-12-24/h4-17,28H,18-21H2,1-3H3. The molecule has 2 heterocycles. The molecule has 10 heteroatoms. The van der Waals surface area contributed by atoms with Crippen LogP contribution in [0.25, 0.3) is 11.5 Å². The summed E-state index contributed by atoms with van der Waals surface area (Å²) in [4.78, 5) is 25.4. The molecular weight excluding hydrogens is 595 g/mol. The number of hydrogen-bond donors (Lipinski definition) is 0. The number of halogens is 3. The number of Topliss-reactive ketones (excluding diaryl/α,β-unsaturated/α-hetero) is 1. The van der Waals surface area contributed by atoms with Gasteiger partial charge in [-0.1, -0.05) is 42.5 Å². The first kappa shape index (κ1) is 30.9. The summed E-state index contributed by atoms with van der Waals surface area (Å²) in [5.74, 6) is 1.81. The number of rotatable bonds is 10. The molecule has 0 amide bonds. The second-order valence-corrected chi connectivity index (χ2v) is 11.3. The number of furan rings is 1. The minimum absolute atomic E-state index is 0.000501. The molecule has 7 nitrogen and oxygen atoms in total. The predicted molar refractivity (Wildman–Crippen MR) is 167 cm³/mol. The van der Waals surface area contributed by atoms with E-state index in [9.17, 15) is 18.0 Å². The molecule has 0 saturated heterocycles. The molecule has 0 fully saturated rings. The summed E-state index contributed by atoms with van der Waals surface area (Å²) in [5.41, 5.74) is 2.67. The number of benzene rings is 3. The van der Waals surface area contributed by atoms with Gasteiger partial charge < -0.3 is 18.8 Å². The lowest BCUT2D eigenvalue weighted by Gasteiger charge is -2.25. The molecule has 0 bridgehead atoms. The van der Waals surface area contributed by atoms with E-state index in [2.05, 4.69) is 0 Å². The highest BCUT2D eigenvalue weighted by Gasteiger charge is 2.39. The van der Waals surface area contributed by atoms with Gasteiger partial charge in [0.2, 0.25) is 5.95 Å². The fourth-order valence-corrected chi connectivity index (χ4v) is 5.81. The van der Waals surface area contributed by atoms with E-state index in [-0.39, 0.29) is 24.2 Å². The van der Waals surface area contributed by atoms with Crippen molar-refractivity contribution in [1.29, 1.82) is 0 Å². The van der Waals surface area contributed by atoms with Crippen molar-refractivity contribution in [2.75, 3.05) is 19.1 Å². The van der Waals surface area contributed by atoms with Crippen LogP contribution in [0.2, 0.25) is 0 Å². The van der Waals surface area contributed by atoms with Crippen molar-refractivity contribution in [3.05, 3.63) is 124 Å². The maximum absolute atomic E-state index is 13.9. The largest absolute Gasteiger partial charge is 0.497 e. The van der Waals surface area contributed by atoms with Crippen molar-refractivity contribution in [2.24, 2.45) is 0 Å². The van der Waals surface area contributed by atoms with E-state index in [1.807, 2.05) is 66.4 Å². The maximum atomic E-state index is 13.9. The van der Waals surface area contributed by atoms with Gasteiger partial charge in [0, 0.05) is 25.1 Å². The Morgan fingerprint density at radius 3 is 2.00 bits per heavy atom. The number of nitrogens with zero attached hydrogens (tertiary/aromatic N) is 3. The molecule has 0 N–H and O–H groups in total. The fourth-order valence-electron chi connectivity index (χ4n) is 5.81. The molecule has 1 aliphatic carbocycles. The van der Waals surface area contributed by atoms with Crippen LogP contribution < -0.4 is 14.4 Å². The number of ether oxygens (including phenoxy) is 2. The van der Waals surface area contributed by atoms with Crippen LogP contribution in [0.4, 0.5) is 19.1 Å². The molecule has 0 saturated carbocycles. The van der Waals surface area contributed by atoms with Gasteiger partial charge in [0.25, 0.3) is 0 Å². The average Bonchev–Trinajstić information content (AvgIpc) is 3.63. The van der Waals surface area contributed by atoms with Gasteiger partial charge in [-0.25, -0.2) is 9.97 Å². The zero-order chi connectivity index (χ0) is 32.4. The number of carbonyl (C=O) groups is 1. The van der Waals surface area contributed by atoms with Crippen LogP contribution in [-0.4, -0.2) is 30.0 Å². The summed E-state index contributed by atoms with van der Waals surface area (Å²) in [7, 11) is 3.21. The number of carbonyl (C=O) groups excluding carboxylic acids is 1. The van der Waals surface area contributed by atoms with Crippen molar-refractivity contribution in [3.8, 4) is 23.0 Å². The Kier molecular flexibility index (Phi) is 8.53. The van der Waals surface area contributed by atoms with Crippen LogP contribution in [0.1, 0.15) is 45.2 Å². The predicted octanol–water partition coefficient (Wildman–Crippen LogP) is 7.74. The fraction of sp³-hybridized carbons (Fsp3) is 0.250. The van der Waals surface area contributed by atoms with Crippen LogP contribution in [0.3, 0.4) is 0 Å². The Morgan fingerprint density at radius 1 is 0.848 bits per heavy atom. The van der Waals surface area contributed by atoms with Crippen LogP contribution in [-0.2, 0) is 36.9 Å². The van der Waals surface area contributed by atoms with Crippen molar-refractivity contribution in [2.45, 2.75) is 44.9 Å². The van der Waals surface area contributed by atoms with Gasteiger partial charge in [-0.05, 0) is 72.5 Å². The summed E-state index contributed by atoms with van der Waals surface area (Å²) < 4.78 is 58.4. The van der Waals surface area contributed by atoms with E-state index in [0.29, 0.717) is 47.5 Å². The number of anilines is 1. The minimum Gasteiger partial charge on any atom is -0.497 e. The van der Waals surface area contributed by atoms with Crippen LogP contribution in [0, 0.1) is 6.92 Å². The van der Waals surface area contributed by atoms with E-state index in [1.54, 1.807) is 26.4 Å². The second-order valence-electron chi connectivity index (χ2n) is 11.3. The highest BCUT2D eigenvalue weighted by Crippen LogP contribution is 2.41. The molecule has 3 aromatic carbocycles. The van der Waals surface area contributed by atoms with E-state index in [0.717, 1.165) is 28.7 Å². The summed E-state index contributed by atoms with van der Waals surface area (Å²) in [6, 6.07) is 24.2. The summed E-state index contributed by atoms with van der Waals surface area (Å²) in [5, 5.41) is 0. The van der Waals surface area contributed by atoms with E-state index >= 15 is 0 Å². The number of ketones is 1.